The number of hydrogen-bond donors (Lipinski definition) is 0. The fourth-order valence-electron chi connectivity index (χ4n) is 3.00. The van der Waals surface area contributed by atoms with Crippen LogP contribution in [0.25, 0.3) is 0 Å². The number of carbonyl (C=O) groups is 2. The number of para-hydroxylation sites is 1. The molecular formula is C17H21F2NO4. The SMILES string of the molecule is CC1CC(C)CN(C(=O)COC(=O)c2ccccc2OC(F)F)C1. The molecule has 1 amide bonds. The fraction of sp³-hybridized carbons (Fsp3) is 0.529. The van der Waals surface area contributed by atoms with Crippen LogP contribution in [0.4, 0.5) is 8.78 Å². The van der Waals surface area contributed by atoms with Gasteiger partial charge in [-0.2, -0.15) is 8.78 Å². The van der Waals surface area contributed by atoms with Gasteiger partial charge in [0.25, 0.3) is 5.91 Å². The zero-order valence-corrected chi connectivity index (χ0v) is 13.7. The van der Waals surface area contributed by atoms with Crippen molar-refractivity contribution in [3.8, 4) is 5.75 Å². The molecular weight excluding hydrogens is 320 g/mol. The summed E-state index contributed by atoms with van der Waals surface area (Å²) in [6, 6.07) is 5.54. The number of benzene rings is 1. The van der Waals surface area contributed by atoms with E-state index in [1.54, 1.807) is 4.90 Å². The highest BCUT2D eigenvalue weighted by atomic mass is 19.3. The van der Waals surface area contributed by atoms with Crippen LogP contribution < -0.4 is 4.74 Å². The molecule has 0 N–H and O–H groups in total. The number of esters is 1. The Hall–Kier alpha value is -2.18. The van der Waals surface area contributed by atoms with Crippen molar-refractivity contribution in [2.75, 3.05) is 19.7 Å². The monoisotopic (exact) mass is 341 g/mol. The molecule has 1 fully saturated rings. The van der Waals surface area contributed by atoms with Crippen LogP contribution in [0, 0.1) is 11.8 Å². The lowest BCUT2D eigenvalue weighted by Gasteiger charge is -2.34. The van der Waals surface area contributed by atoms with Gasteiger partial charge in [0.1, 0.15) is 11.3 Å². The molecule has 1 heterocycles. The minimum Gasteiger partial charge on any atom is -0.452 e. The van der Waals surface area contributed by atoms with E-state index in [0.717, 1.165) is 6.42 Å². The predicted octanol–water partition coefficient (Wildman–Crippen LogP) is 2.95. The molecule has 0 saturated carbocycles. The maximum Gasteiger partial charge on any atom is 0.387 e. The summed E-state index contributed by atoms with van der Waals surface area (Å²) in [7, 11) is 0. The first kappa shape index (κ1) is 18.2. The topological polar surface area (TPSA) is 55.8 Å². The third-order valence-electron chi connectivity index (χ3n) is 3.87. The smallest absolute Gasteiger partial charge is 0.387 e. The lowest BCUT2D eigenvalue weighted by Crippen LogP contribution is -2.44. The number of alkyl halides is 2. The highest BCUT2D eigenvalue weighted by molar-refractivity contribution is 5.94. The molecule has 2 rings (SSSR count). The summed E-state index contributed by atoms with van der Waals surface area (Å²) in [6.07, 6.45) is 1.06. The van der Waals surface area contributed by atoms with E-state index in [1.807, 2.05) is 0 Å². The summed E-state index contributed by atoms with van der Waals surface area (Å²) < 4.78 is 34.0. The van der Waals surface area contributed by atoms with Crippen LogP contribution in [0.5, 0.6) is 5.75 Å². The molecule has 1 aliphatic heterocycles. The van der Waals surface area contributed by atoms with E-state index < -0.39 is 19.2 Å². The highest BCUT2D eigenvalue weighted by Gasteiger charge is 2.26. The van der Waals surface area contributed by atoms with Crippen LogP contribution in [0.15, 0.2) is 24.3 Å². The summed E-state index contributed by atoms with van der Waals surface area (Å²) in [5.41, 5.74) is -0.133. The van der Waals surface area contributed by atoms with Gasteiger partial charge in [0, 0.05) is 13.1 Å². The highest BCUT2D eigenvalue weighted by Crippen LogP contribution is 2.22. The van der Waals surface area contributed by atoms with Crippen LogP contribution >= 0.6 is 0 Å². The second kappa shape index (κ2) is 8.08. The maximum absolute atomic E-state index is 12.4. The van der Waals surface area contributed by atoms with Gasteiger partial charge in [-0.05, 0) is 30.4 Å². The number of piperidine rings is 1. The molecule has 1 aliphatic rings. The summed E-state index contributed by atoms with van der Waals surface area (Å²) >= 11 is 0. The Labute approximate surface area is 139 Å². The Morgan fingerprint density at radius 3 is 2.46 bits per heavy atom. The summed E-state index contributed by atoms with van der Waals surface area (Å²) in [5, 5.41) is 0. The van der Waals surface area contributed by atoms with E-state index >= 15 is 0 Å². The number of halogens is 2. The van der Waals surface area contributed by atoms with Gasteiger partial charge in [0.15, 0.2) is 6.61 Å². The summed E-state index contributed by atoms with van der Waals surface area (Å²) in [4.78, 5) is 25.9. The van der Waals surface area contributed by atoms with Crippen molar-refractivity contribution in [3.05, 3.63) is 29.8 Å². The van der Waals surface area contributed by atoms with E-state index in [2.05, 4.69) is 18.6 Å². The molecule has 0 spiro atoms. The minimum absolute atomic E-state index is 0.133. The molecule has 7 heteroatoms. The summed E-state index contributed by atoms with van der Waals surface area (Å²) in [6.45, 7) is 1.94. The molecule has 0 bridgehead atoms. The van der Waals surface area contributed by atoms with E-state index in [0.29, 0.717) is 24.9 Å². The van der Waals surface area contributed by atoms with Gasteiger partial charge in [-0.25, -0.2) is 4.79 Å². The van der Waals surface area contributed by atoms with Crippen LogP contribution in [0.3, 0.4) is 0 Å². The average Bonchev–Trinajstić information content (AvgIpc) is 2.51. The number of nitrogens with zero attached hydrogens (tertiary/aromatic N) is 1. The first-order valence-corrected chi connectivity index (χ1v) is 7.85. The van der Waals surface area contributed by atoms with Crippen LogP contribution in [-0.4, -0.2) is 43.1 Å². The molecule has 0 radical (unpaired) electrons. The largest absolute Gasteiger partial charge is 0.452 e. The molecule has 1 saturated heterocycles. The second-order valence-electron chi connectivity index (χ2n) is 6.20. The lowest BCUT2D eigenvalue weighted by atomic mass is 9.92. The van der Waals surface area contributed by atoms with Gasteiger partial charge in [-0.3, -0.25) is 4.79 Å². The molecule has 2 atom stereocenters. The molecule has 1 aromatic carbocycles. The molecule has 1 aromatic rings. The molecule has 5 nitrogen and oxygen atoms in total. The van der Waals surface area contributed by atoms with Crippen molar-refractivity contribution >= 4 is 11.9 Å². The Morgan fingerprint density at radius 1 is 1.21 bits per heavy atom. The van der Waals surface area contributed by atoms with E-state index in [4.69, 9.17) is 4.74 Å². The third-order valence-corrected chi connectivity index (χ3v) is 3.87. The Bertz CT molecular complexity index is 584. The van der Waals surface area contributed by atoms with Crippen molar-refractivity contribution in [1.82, 2.24) is 4.90 Å². The number of likely N-dealkylation sites (tertiary alicyclic amines) is 1. The average molecular weight is 341 g/mol. The van der Waals surface area contributed by atoms with Crippen molar-refractivity contribution < 1.29 is 27.8 Å². The Kier molecular flexibility index (Phi) is 6.11. The number of ether oxygens (including phenoxy) is 2. The minimum atomic E-state index is -3.04. The van der Waals surface area contributed by atoms with Gasteiger partial charge >= 0.3 is 12.6 Å². The van der Waals surface area contributed by atoms with Crippen molar-refractivity contribution in [3.63, 3.8) is 0 Å². The fourth-order valence-corrected chi connectivity index (χ4v) is 3.00. The van der Waals surface area contributed by atoms with Crippen molar-refractivity contribution in [1.29, 1.82) is 0 Å². The number of carbonyl (C=O) groups excluding carboxylic acids is 2. The first-order valence-electron chi connectivity index (χ1n) is 7.85. The molecule has 2 unspecified atom stereocenters. The molecule has 24 heavy (non-hydrogen) atoms. The number of amides is 1. The van der Waals surface area contributed by atoms with Crippen LogP contribution in [0.1, 0.15) is 30.6 Å². The van der Waals surface area contributed by atoms with Gasteiger partial charge in [-0.1, -0.05) is 26.0 Å². The van der Waals surface area contributed by atoms with Gasteiger partial charge in [0.2, 0.25) is 0 Å². The molecule has 132 valence electrons. The zero-order chi connectivity index (χ0) is 17.7. The normalized spacial score (nSPS) is 20.8. The number of rotatable bonds is 5. The van der Waals surface area contributed by atoms with E-state index in [1.165, 1.54) is 24.3 Å². The predicted molar refractivity (Wildman–Crippen MR) is 82.9 cm³/mol. The van der Waals surface area contributed by atoms with Crippen LogP contribution in [0.2, 0.25) is 0 Å². The van der Waals surface area contributed by atoms with Gasteiger partial charge in [-0.15, -0.1) is 0 Å². The van der Waals surface area contributed by atoms with Crippen LogP contribution in [-0.2, 0) is 9.53 Å². The first-order chi connectivity index (χ1) is 11.4. The zero-order valence-electron chi connectivity index (χ0n) is 13.7. The van der Waals surface area contributed by atoms with Gasteiger partial charge in [0.05, 0.1) is 0 Å². The summed E-state index contributed by atoms with van der Waals surface area (Å²) in [5.74, 6) is -0.626. The Balaban J connectivity index is 1.94. The second-order valence-corrected chi connectivity index (χ2v) is 6.20. The van der Waals surface area contributed by atoms with E-state index in [9.17, 15) is 18.4 Å². The standard InChI is InChI=1S/C17H21F2NO4/c1-11-7-12(2)9-20(8-11)15(21)10-23-16(22)13-5-3-4-6-14(13)24-17(18)19/h3-6,11-12,17H,7-10H2,1-2H3. The van der Waals surface area contributed by atoms with Crippen molar-refractivity contribution in [2.24, 2.45) is 11.8 Å². The quantitative estimate of drug-likeness (QED) is 0.773. The van der Waals surface area contributed by atoms with Gasteiger partial charge < -0.3 is 14.4 Å². The van der Waals surface area contributed by atoms with Crippen molar-refractivity contribution in [2.45, 2.75) is 26.9 Å². The molecule has 0 aliphatic carbocycles. The van der Waals surface area contributed by atoms with E-state index in [-0.39, 0.29) is 17.2 Å². The lowest BCUT2D eigenvalue weighted by molar-refractivity contribution is -0.137. The number of hydrogen-bond acceptors (Lipinski definition) is 4. The third kappa shape index (κ3) is 4.91. The maximum atomic E-state index is 12.4. The molecule has 0 aromatic heterocycles. The Morgan fingerprint density at radius 2 is 1.83 bits per heavy atom.